The molecule has 2 rings (SSSR count). The van der Waals surface area contributed by atoms with Gasteiger partial charge < -0.3 is 10.2 Å². The number of hydrogen-bond acceptors (Lipinski definition) is 6. The molecule has 1 aromatic carbocycles. The van der Waals surface area contributed by atoms with E-state index in [1.165, 1.54) is 12.1 Å². The van der Waals surface area contributed by atoms with E-state index in [4.69, 9.17) is 0 Å². The minimum atomic E-state index is -2.96. The second kappa shape index (κ2) is 5.66. The number of benzene rings is 1. The predicted molar refractivity (Wildman–Crippen MR) is 78.1 cm³/mol. The van der Waals surface area contributed by atoms with Crippen LogP contribution in [0.5, 0.6) is 0 Å². The summed E-state index contributed by atoms with van der Waals surface area (Å²) in [5.74, 6) is 0.179. The van der Waals surface area contributed by atoms with Crippen LogP contribution in [-0.2, 0) is 9.84 Å². The lowest BCUT2D eigenvalue weighted by molar-refractivity contribution is -0.384. The van der Waals surface area contributed by atoms with Gasteiger partial charge in [-0.25, -0.2) is 8.42 Å². The lowest BCUT2D eigenvalue weighted by atomic mass is 10.2. The molecule has 8 heteroatoms. The van der Waals surface area contributed by atoms with E-state index in [0.717, 1.165) is 0 Å². The van der Waals surface area contributed by atoms with Crippen LogP contribution in [0.25, 0.3) is 0 Å². The van der Waals surface area contributed by atoms with Gasteiger partial charge in [0.15, 0.2) is 9.84 Å². The summed E-state index contributed by atoms with van der Waals surface area (Å²) in [6.07, 6.45) is 0. The summed E-state index contributed by atoms with van der Waals surface area (Å²) in [7, 11) is -2.96. The quantitative estimate of drug-likeness (QED) is 0.664. The molecule has 0 atom stereocenters. The van der Waals surface area contributed by atoms with E-state index in [0.29, 0.717) is 31.0 Å². The van der Waals surface area contributed by atoms with Crippen LogP contribution in [0.3, 0.4) is 0 Å². The zero-order chi connectivity index (χ0) is 14.8. The van der Waals surface area contributed by atoms with Crippen LogP contribution in [0.1, 0.15) is 6.92 Å². The third-order valence-corrected chi connectivity index (χ3v) is 4.81. The minimum Gasteiger partial charge on any atom is -0.385 e. The first-order valence-electron chi connectivity index (χ1n) is 6.40. The van der Waals surface area contributed by atoms with Crippen LogP contribution < -0.4 is 10.2 Å². The standard InChI is InChI=1S/C12H17N3O4S/c1-2-13-10-7-11(9-12(8-10)15(16)17)14-3-5-20(18,19)6-4-14/h7-9,13H,2-6H2,1H3. The van der Waals surface area contributed by atoms with Crippen molar-refractivity contribution in [3.8, 4) is 0 Å². The Morgan fingerprint density at radius 3 is 2.50 bits per heavy atom. The third kappa shape index (κ3) is 3.38. The first-order chi connectivity index (χ1) is 9.41. The molecule has 0 unspecified atom stereocenters. The number of nitrogens with zero attached hydrogens (tertiary/aromatic N) is 2. The van der Waals surface area contributed by atoms with Crippen LogP contribution in [0.15, 0.2) is 18.2 Å². The minimum absolute atomic E-state index is 0.00637. The molecule has 1 aliphatic rings. The Morgan fingerprint density at radius 2 is 1.95 bits per heavy atom. The Bertz CT molecular complexity index is 601. The van der Waals surface area contributed by atoms with E-state index >= 15 is 0 Å². The van der Waals surface area contributed by atoms with Crippen LogP contribution in [0.2, 0.25) is 0 Å². The maximum absolute atomic E-state index is 11.4. The highest BCUT2D eigenvalue weighted by Crippen LogP contribution is 2.28. The van der Waals surface area contributed by atoms with Crippen molar-refractivity contribution in [2.75, 3.05) is 41.4 Å². The molecule has 0 aromatic heterocycles. The summed E-state index contributed by atoms with van der Waals surface area (Å²) in [4.78, 5) is 12.4. The summed E-state index contributed by atoms with van der Waals surface area (Å²) < 4.78 is 22.8. The normalized spacial score (nSPS) is 17.8. The van der Waals surface area contributed by atoms with Crippen molar-refractivity contribution < 1.29 is 13.3 Å². The number of hydrogen-bond donors (Lipinski definition) is 1. The van der Waals surface area contributed by atoms with Gasteiger partial charge in [-0.15, -0.1) is 0 Å². The van der Waals surface area contributed by atoms with Crippen LogP contribution >= 0.6 is 0 Å². The van der Waals surface area contributed by atoms with Gasteiger partial charge in [0, 0.05) is 43.1 Å². The van der Waals surface area contributed by atoms with Crippen molar-refractivity contribution in [2.45, 2.75) is 6.92 Å². The van der Waals surface area contributed by atoms with Gasteiger partial charge >= 0.3 is 0 Å². The summed E-state index contributed by atoms with van der Waals surface area (Å²) in [5, 5.41) is 14.0. The van der Waals surface area contributed by atoms with Crippen LogP contribution in [0, 0.1) is 10.1 Å². The molecular weight excluding hydrogens is 282 g/mol. The van der Waals surface area contributed by atoms with Gasteiger partial charge in [0.25, 0.3) is 5.69 Å². The number of nitro benzene ring substituents is 1. The van der Waals surface area contributed by atoms with E-state index in [9.17, 15) is 18.5 Å². The largest absolute Gasteiger partial charge is 0.385 e. The van der Waals surface area contributed by atoms with E-state index < -0.39 is 14.8 Å². The number of nitro groups is 1. The zero-order valence-electron chi connectivity index (χ0n) is 11.2. The van der Waals surface area contributed by atoms with E-state index in [-0.39, 0.29) is 17.2 Å². The Kier molecular flexibility index (Phi) is 4.12. The molecule has 1 aromatic rings. The number of rotatable bonds is 4. The smallest absolute Gasteiger partial charge is 0.273 e. The second-order valence-corrected chi connectivity index (χ2v) is 6.97. The Balaban J connectivity index is 2.28. The molecule has 0 amide bonds. The maximum atomic E-state index is 11.4. The Labute approximate surface area is 117 Å². The predicted octanol–water partition coefficient (Wildman–Crippen LogP) is 1.26. The first kappa shape index (κ1) is 14.6. The molecule has 7 nitrogen and oxygen atoms in total. The Hall–Kier alpha value is -1.83. The second-order valence-electron chi connectivity index (χ2n) is 4.66. The highest BCUT2D eigenvalue weighted by Gasteiger charge is 2.23. The summed E-state index contributed by atoms with van der Waals surface area (Å²) >= 11 is 0. The summed E-state index contributed by atoms with van der Waals surface area (Å²) in [6.45, 7) is 3.31. The lowest BCUT2D eigenvalue weighted by Gasteiger charge is -2.29. The van der Waals surface area contributed by atoms with Gasteiger partial charge in [-0.1, -0.05) is 0 Å². The number of non-ortho nitro benzene ring substituents is 1. The number of nitrogens with one attached hydrogen (secondary N) is 1. The van der Waals surface area contributed by atoms with Gasteiger partial charge in [0.05, 0.1) is 16.4 Å². The fourth-order valence-electron chi connectivity index (χ4n) is 2.16. The molecule has 0 radical (unpaired) electrons. The van der Waals surface area contributed by atoms with Gasteiger partial charge in [-0.3, -0.25) is 10.1 Å². The first-order valence-corrected chi connectivity index (χ1v) is 8.22. The molecule has 20 heavy (non-hydrogen) atoms. The van der Waals surface area contributed by atoms with Crippen molar-refractivity contribution in [1.29, 1.82) is 0 Å². The van der Waals surface area contributed by atoms with E-state index in [1.54, 1.807) is 0 Å². The number of anilines is 2. The molecule has 0 bridgehead atoms. The van der Waals surface area contributed by atoms with Gasteiger partial charge in [-0.2, -0.15) is 0 Å². The van der Waals surface area contributed by atoms with E-state index in [1.807, 2.05) is 17.9 Å². The summed E-state index contributed by atoms with van der Waals surface area (Å²) in [5.41, 5.74) is 1.36. The van der Waals surface area contributed by atoms with Crippen molar-refractivity contribution >= 4 is 26.9 Å². The number of sulfone groups is 1. The summed E-state index contributed by atoms with van der Waals surface area (Å²) in [6, 6.07) is 4.78. The molecule has 0 saturated carbocycles. The van der Waals surface area contributed by atoms with Crippen molar-refractivity contribution in [3.63, 3.8) is 0 Å². The van der Waals surface area contributed by atoms with Crippen molar-refractivity contribution in [2.24, 2.45) is 0 Å². The topological polar surface area (TPSA) is 92.6 Å². The lowest BCUT2D eigenvalue weighted by Crippen LogP contribution is -2.40. The SMILES string of the molecule is CCNc1cc(N2CCS(=O)(=O)CC2)cc([N+](=O)[O-])c1. The molecular formula is C12H17N3O4S. The highest BCUT2D eigenvalue weighted by atomic mass is 32.2. The van der Waals surface area contributed by atoms with Crippen molar-refractivity contribution in [3.05, 3.63) is 28.3 Å². The zero-order valence-corrected chi connectivity index (χ0v) is 12.0. The Morgan fingerprint density at radius 1 is 1.30 bits per heavy atom. The monoisotopic (exact) mass is 299 g/mol. The average Bonchev–Trinajstić information content (AvgIpc) is 2.38. The molecule has 0 aliphatic carbocycles. The van der Waals surface area contributed by atoms with Gasteiger partial charge in [0.2, 0.25) is 0 Å². The highest BCUT2D eigenvalue weighted by molar-refractivity contribution is 7.91. The third-order valence-electron chi connectivity index (χ3n) is 3.20. The van der Waals surface area contributed by atoms with Crippen molar-refractivity contribution in [1.82, 2.24) is 0 Å². The average molecular weight is 299 g/mol. The molecule has 0 spiro atoms. The molecule has 1 aliphatic heterocycles. The van der Waals surface area contributed by atoms with E-state index in [2.05, 4.69) is 5.32 Å². The fraction of sp³-hybridized carbons (Fsp3) is 0.500. The van der Waals surface area contributed by atoms with Crippen LogP contribution in [0.4, 0.5) is 17.1 Å². The molecule has 1 fully saturated rings. The van der Waals surface area contributed by atoms with Gasteiger partial charge in [-0.05, 0) is 13.0 Å². The molecule has 1 N–H and O–H groups in total. The molecule has 110 valence electrons. The van der Waals surface area contributed by atoms with Gasteiger partial charge in [0.1, 0.15) is 0 Å². The fourth-order valence-corrected chi connectivity index (χ4v) is 3.36. The molecule has 1 saturated heterocycles. The molecule has 1 heterocycles. The van der Waals surface area contributed by atoms with Crippen LogP contribution in [-0.4, -0.2) is 44.5 Å². The maximum Gasteiger partial charge on any atom is 0.273 e.